The number of aromatic nitrogens is 2. The number of carbonyl (C=O) groups is 2. The lowest BCUT2D eigenvalue weighted by Gasteiger charge is -2.14. The van der Waals surface area contributed by atoms with E-state index < -0.39 is 17.2 Å². The average molecular weight is 475 g/mol. The first-order valence-electron chi connectivity index (χ1n) is 11.9. The van der Waals surface area contributed by atoms with Gasteiger partial charge < -0.3 is 19.9 Å². The smallest absolute Gasteiger partial charge is 0.257 e. The summed E-state index contributed by atoms with van der Waals surface area (Å²) >= 11 is 0. The zero-order valence-corrected chi connectivity index (χ0v) is 19.8. The minimum absolute atomic E-state index is 0.0497. The molecule has 0 bridgehead atoms. The normalized spacial score (nSPS) is 15.1. The summed E-state index contributed by atoms with van der Waals surface area (Å²) in [5.41, 5.74) is 2.20. The maximum Gasteiger partial charge on any atom is 0.257 e. The van der Waals surface area contributed by atoms with Gasteiger partial charge in [-0.2, -0.15) is 0 Å². The van der Waals surface area contributed by atoms with Gasteiger partial charge in [0.1, 0.15) is 11.1 Å². The number of ether oxygens (including phenoxy) is 1. The van der Waals surface area contributed by atoms with Crippen LogP contribution in [0.2, 0.25) is 0 Å². The molecule has 0 radical (unpaired) electrons. The molecule has 2 amide bonds. The second kappa shape index (κ2) is 11.6. The van der Waals surface area contributed by atoms with Gasteiger partial charge >= 0.3 is 0 Å². The van der Waals surface area contributed by atoms with Crippen LogP contribution < -0.4 is 16.1 Å². The number of amides is 2. The molecule has 1 fully saturated rings. The lowest BCUT2D eigenvalue weighted by Crippen LogP contribution is -2.37. The van der Waals surface area contributed by atoms with Crippen LogP contribution in [0.4, 0.5) is 0 Å². The molecule has 1 saturated heterocycles. The van der Waals surface area contributed by atoms with Gasteiger partial charge in [-0.15, -0.1) is 0 Å². The van der Waals surface area contributed by atoms with E-state index in [9.17, 15) is 14.4 Å². The quantitative estimate of drug-likeness (QED) is 0.496. The molecule has 2 N–H and O–H groups in total. The molecule has 0 aliphatic carbocycles. The van der Waals surface area contributed by atoms with Crippen molar-refractivity contribution in [2.75, 3.05) is 13.2 Å². The van der Waals surface area contributed by atoms with E-state index in [4.69, 9.17) is 4.74 Å². The number of nitrogens with zero attached hydrogens (tertiary/aromatic N) is 2. The molecule has 1 unspecified atom stereocenters. The number of pyridine rings is 2. The number of nitrogens with one attached hydrogen (secondary N) is 2. The number of carbonyl (C=O) groups excluding carboxylic acids is 2. The fraction of sp³-hybridized carbons (Fsp3) is 0.333. The lowest BCUT2D eigenvalue weighted by atomic mass is 10.1. The fourth-order valence-electron chi connectivity index (χ4n) is 3.96. The van der Waals surface area contributed by atoms with Gasteiger partial charge in [0.2, 0.25) is 5.43 Å². The van der Waals surface area contributed by atoms with Gasteiger partial charge in [0.05, 0.1) is 6.10 Å². The van der Waals surface area contributed by atoms with Crippen LogP contribution >= 0.6 is 0 Å². The van der Waals surface area contributed by atoms with Crippen LogP contribution in [0.25, 0.3) is 0 Å². The molecule has 35 heavy (non-hydrogen) atoms. The molecule has 4 rings (SSSR count). The molecule has 0 saturated carbocycles. The third-order valence-electron chi connectivity index (χ3n) is 6.01. The topological polar surface area (TPSA) is 102 Å². The van der Waals surface area contributed by atoms with Crippen LogP contribution in [0.1, 0.15) is 50.4 Å². The number of rotatable bonds is 9. The van der Waals surface area contributed by atoms with Crippen molar-refractivity contribution in [3.63, 3.8) is 0 Å². The number of hydrogen-bond acceptors (Lipinski definition) is 5. The van der Waals surface area contributed by atoms with Gasteiger partial charge in [0, 0.05) is 56.9 Å². The van der Waals surface area contributed by atoms with Crippen LogP contribution in [0, 0.1) is 6.92 Å². The molecule has 3 aromatic rings. The van der Waals surface area contributed by atoms with Crippen LogP contribution in [-0.2, 0) is 24.2 Å². The molecular weight excluding hydrogens is 444 g/mol. The molecule has 1 aliphatic heterocycles. The summed E-state index contributed by atoms with van der Waals surface area (Å²) in [7, 11) is 0. The first-order chi connectivity index (χ1) is 17.0. The van der Waals surface area contributed by atoms with Crippen molar-refractivity contribution in [1.29, 1.82) is 0 Å². The Kier molecular flexibility index (Phi) is 8.05. The van der Waals surface area contributed by atoms with E-state index in [1.807, 2.05) is 49.4 Å². The molecule has 1 aromatic carbocycles. The summed E-state index contributed by atoms with van der Waals surface area (Å²) in [4.78, 5) is 43.4. The monoisotopic (exact) mass is 474 g/mol. The highest BCUT2D eigenvalue weighted by Crippen LogP contribution is 2.11. The summed E-state index contributed by atoms with van der Waals surface area (Å²) in [5.74, 6) is -1.03. The van der Waals surface area contributed by atoms with E-state index >= 15 is 0 Å². The molecule has 1 aliphatic rings. The summed E-state index contributed by atoms with van der Waals surface area (Å²) < 4.78 is 7.26. The minimum atomic E-state index is -0.592. The number of hydrogen-bond donors (Lipinski definition) is 2. The molecule has 8 nitrogen and oxygen atoms in total. The molecule has 1 atom stereocenters. The van der Waals surface area contributed by atoms with Crippen molar-refractivity contribution >= 4 is 11.8 Å². The zero-order chi connectivity index (χ0) is 24.6. The minimum Gasteiger partial charge on any atom is -0.376 e. The van der Waals surface area contributed by atoms with Crippen molar-refractivity contribution in [1.82, 2.24) is 20.2 Å². The van der Waals surface area contributed by atoms with Crippen LogP contribution in [0.5, 0.6) is 0 Å². The highest BCUT2D eigenvalue weighted by molar-refractivity contribution is 5.99. The van der Waals surface area contributed by atoms with E-state index in [1.54, 1.807) is 10.8 Å². The van der Waals surface area contributed by atoms with Gasteiger partial charge in [-0.1, -0.05) is 35.9 Å². The molecule has 2 aromatic heterocycles. The van der Waals surface area contributed by atoms with Crippen molar-refractivity contribution in [2.45, 2.75) is 45.4 Å². The predicted molar refractivity (Wildman–Crippen MR) is 132 cm³/mol. The Labute approximate surface area is 204 Å². The number of benzene rings is 1. The molecule has 0 spiro atoms. The Bertz CT molecular complexity index is 1220. The third kappa shape index (κ3) is 6.64. The first kappa shape index (κ1) is 24.3. The average Bonchev–Trinajstić information content (AvgIpc) is 3.40. The van der Waals surface area contributed by atoms with Gasteiger partial charge in [-0.3, -0.25) is 19.4 Å². The van der Waals surface area contributed by atoms with Gasteiger partial charge in [-0.05, 0) is 37.5 Å². The third-order valence-corrected chi connectivity index (χ3v) is 6.01. The molecular formula is C27H30N4O4. The summed E-state index contributed by atoms with van der Waals surface area (Å²) in [6.45, 7) is 3.74. The van der Waals surface area contributed by atoms with Gasteiger partial charge in [-0.25, -0.2) is 0 Å². The second-order valence-corrected chi connectivity index (χ2v) is 8.74. The highest BCUT2D eigenvalue weighted by atomic mass is 16.5. The highest BCUT2D eigenvalue weighted by Gasteiger charge is 2.21. The summed E-state index contributed by atoms with van der Waals surface area (Å²) in [5, 5.41) is 5.59. The van der Waals surface area contributed by atoms with Crippen LogP contribution in [-0.4, -0.2) is 40.6 Å². The lowest BCUT2D eigenvalue weighted by molar-refractivity contribution is 0.0856. The molecule has 182 valence electrons. The van der Waals surface area contributed by atoms with Gasteiger partial charge in [0.25, 0.3) is 11.8 Å². The van der Waals surface area contributed by atoms with Crippen molar-refractivity contribution < 1.29 is 14.3 Å². The van der Waals surface area contributed by atoms with Gasteiger partial charge in [0.15, 0.2) is 0 Å². The Morgan fingerprint density at radius 3 is 2.46 bits per heavy atom. The van der Waals surface area contributed by atoms with Crippen molar-refractivity contribution in [3.05, 3.63) is 99.2 Å². The first-order valence-corrected chi connectivity index (χ1v) is 11.9. The number of aryl methyl sites for hydroxylation is 3. The van der Waals surface area contributed by atoms with E-state index in [1.165, 1.54) is 12.4 Å². The SMILES string of the molecule is Cc1ccc(CNC(=O)c2cn(CCc3ccccn3)cc(C(=O)NCC3CCCO3)c2=O)cc1. The Balaban J connectivity index is 1.54. The summed E-state index contributed by atoms with van der Waals surface area (Å²) in [6.07, 6.45) is 7.10. The van der Waals surface area contributed by atoms with E-state index in [2.05, 4.69) is 15.6 Å². The van der Waals surface area contributed by atoms with Crippen molar-refractivity contribution in [2.24, 2.45) is 0 Å². The largest absolute Gasteiger partial charge is 0.376 e. The Morgan fingerprint density at radius 2 is 1.80 bits per heavy atom. The van der Waals surface area contributed by atoms with Crippen LogP contribution in [0.15, 0.2) is 65.8 Å². The molecule has 3 heterocycles. The second-order valence-electron chi connectivity index (χ2n) is 8.74. The Morgan fingerprint density at radius 1 is 1.06 bits per heavy atom. The standard InChI is InChI=1S/C27H30N4O4/c1-19-7-9-20(10-8-19)15-29-26(33)23-17-31(13-11-21-5-2-3-12-28-21)18-24(25(23)32)27(34)30-16-22-6-4-14-35-22/h2-3,5,7-10,12,17-18,22H,4,6,11,13-16H2,1H3,(H,29,33)(H,30,34). The Hall–Kier alpha value is -3.78. The maximum atomic E-state index is 13.2. The van der Waals surface area contributed by atoms with E-state index in [0.29, 0.717) is 26.1 Å². The van der Waals surface area contributed by atoms with Crippen molar-refractivity contribution in [3.8, 4) is 0 Å². The fourth-order valence-corrected chi connectivity index (χ4v) is 3.96. The molecule has 8 heteroatoms. The van der Waals surface area contributed by atoms with Crippen LogP contribution in [0.3, 0.4) is 0 Å². The zero-order valence-electron chi connectivity index (χ0n) is 19.8. The maximum absolute atomic E-state index is 13.2. The van der Waals surface area contributed by atoms with E-state index in [-0.39, 0.29) is 23.8 Å². The van der Waals surface area contributed by atoms with E-state index in [0.717, 1.165) is 29.7 Å². The predicted octanol–water partition coefficient (Wildman–Crippen LogP) is 2.63. The summed E-state index contributed by atoms with van der Waals surface area (Å²) in [6, 6.07) is 13.4.